The Morgan fingerprint density at radius 1 is 1.17 bits per heavy atom. The van der Waals surface area contributed by atoms with Gasteiger partial charge in [-0.15, -0.1) is 0 Å². The molecular formula is C23H26N2O5. The second-order valence-corrected chi connectivity index (χ2v) is 9.05. The Morgan fingerprint density at radius 3 is 2.47 bits per heavy atom. The van der Waals surface area contributed by atoms with Crippen molar-refractivity contribution in [2.75, 3.05) is 0 Å². The molecule has 7 nitrogen and oxygen atoms in total. The topological polar surface area (TPSA) is 103 Å². The molecule has 2 aromatic rings. The lowest BCUT2D eigenvalue weighted by Gasteiger charge is -2.27. The summed E-state index contributed by atoms with van der Waals surface area (Å²) >= 11 is 0. The van der Waals surface area contributed by atoms with Gasteiger partial charge in [-0.1, -0.05) is 56.3 Å². The average Bonchev–Trinajstić information content (AvgIpc) is 3.42. The number of aliphatic hydroxyl groups is 1. The fourth-order valence-electron chi connectivity index (χ4n) is 3.78. The molecule has 0 bridgehead atoms. The van der Waals surface area contributed by atoms with Crippen molar-refractivity contribution in [3.05, 3.63) is 58.9 Å². The molecule has 1 saturated carbocycles. The van der Waals surface area contributed by atoms with Crippen molar-refractivity contribution in [3.8, 4) is 0 Å². The number of benzene rings is 1. The van der Waals surface area contributed by atoms with Gasteiger partial charge in [-0.05, 0) is 30.7 Å². The highest BCUT2D eigenvalue weighted by Crippen LogP contribution is 2.48. The van der Waals surface area contributed by atoms with Crippen molar-refractivity contribution in [2.45, 2.75) is 63.9 Å². The fourth-order valence-corrected chi connectivity index (χ4v) is 3.78. The Balaban J connectivity index is 1.52. The maximum Gasteiger partial charge on any atom is 0.339 e. The molecule has 0 saturated heterocycles. The highest BCUT2D eigenvalue weighted by Gasteiger charge is 2.45. The monoisotopic (exact) mass is 410 g/mol. The molecule has 1 aromatic carbocycles. The second kappa shape index (κ2) is 7.70. The van der Waals surface area contributed by atoms with Crippen LogP contribution in [0.4, 0.5) is 0 Å². The van der Waals surface area contributed by atoms with Gasteiger partial charge in [0.2, 0.25) is 11.7 Å². The Morgan fingerprint density at radius 2 is 1.87 bits per heavy atom. The largest absolute Gasteiger partial charge is 0.504 e. The summed E-state index contributed by atoms with van der Waals surface area (Å²) in [7, 11) is 0. The van der Waals surface area contributed by atoms with Crippen molar-refractivity contribution in [3.63, 3.8) is 0 Å². The maximum absolute atomic E-state index is 12.8. The van der Waals surface area contributed by atoms with E-state index in [1.807, 2.05) is 51.1 Å². The van der Waals surface area contributed by atoms with Crippen molar-refractivity contribution in [1.82, 2.24) is 10.1 Å². The lowest BCUT2D eigenvalue weighted by Crippen LogP contribution is -2.38. The minimum absolute atomic E-state index is 0.0829. The number of aryl methyl sites for hydroxylation is 1. The van der Waals surface area contributed by atoms with Crippen LogP contribution in [0.15, 0.2) is 46.2 Å². The van der Waals surface area contributed by atoms with Gasteiger partial charge in [-0.2, -0.15) is 4.98 Å². The van der Waals surface area contributed by atoms with E-state index in [1.165, 1.54) is 0 Å². The van der Waals surface area contributed by atoms with E-state index in [1.54, 1.807) is 0 Å². The first-order valence-corrected chi connectivity index (χ1v) is 10.3. The van der Waals surface area contributed by atoms with Crippen LogP contribution in [-0.2, 0) is 26.2 Å². The first kappa shape index (κ1) is 20.3. The first-order chi connectivity index (χ1) is 14.3. The van der Waals surface area contributed by atoms with Gasteiger partial charge in [0.15, 0.2) is 17.7 Å². The summed E-state index contributed by atoms with van der Waals surface area (Å²) < 4.78 is 10.7. The summed E-state index contributed by atoms with van der Waals surface area (Å²) in [6, 6.07) is 9.49. The van der Waals surface area contributed by atoms with Gasteiger partial charge in [0.25, 0.3) is 0 Å². The van der Waals surface area contributed by atoms with Gasteiger partial charge in [0, 0.05) is 17.8 Å². The normalized spacial score (nSPS) is 21.0. The van der Waals surface area contributed by atoms with Crippen LogP contribution in [0.2, 0.25) is 0 Å². The quantitative estimate of drug-likeness (QED) is 0.723. The molecule has 0 spiro atoms. The summed E-state index contributed by atoms with van der Waals surface area (Å²) in [4.78, 5) is 29.9. The van der Waals surface area contributed by atoms with Crippen molar-refractivity contribution in [2.24, 2.45) is 5.92 Å². The highest BCUT2D eigenvalue weighted by atomic mass is 16.6. The Labute approximate surface area is 175 Å². The molecule has 2 atom stereocenters. The van der Waals surface area contributed by atoms with E-state index >= 15 is 0 Å². The van der Waals surface area contributed by atoms with Crippen LogP contribution in [0, 0.1) is 5.92 Å². The third kappa shape index (κ3) is 4.01. The molecule has 0 amide bonds. The molecule has 158 valence electrons. The van der Waals surface area contributed by atoms with Crippen molar-refractivity contribution in [1.29, 1.82) is 0 Å². The smallest absolute Gasteiger partial charge is 0.339 e. The Bertz CT molecular complexity index is 983. The molecule has 2 unspecified atom stereocenters. The number of cyclic esters (lactones) is 1. The molecule has 1 fully saturated rings. The first-order valence-electron chi connectivity index (χ1n) is 10.3. The third-order valence-electron chi connectivity index (χ3n) is 5.55. The third-order valence-corrected chi connectivity index (χ3v) is 5.55. The minimum Gasteiger partial charge on any atom is -0.504 e. The SMILES string of the molecule is CC(C)(C)c1nc(CCC2OC(=O)C(C(c3ccccc3)C3CC3)=C(O)C2=O)no1. The molecule has 7 heteroatoms. The van der Waals surface area contributed by atoms with Crippen LogP contribution >= 0.6 is 0 Å². The van der Waals surface area contributed by atoms with Gasteiger partial charge in [-0.3, -0.25) is 4.79 Å². The van der Waals surface area contributed by atoms with Crippen LogP contribution in [0.1, 0.15) is 63.2 Å². The van der Waals surface area contributed by atoms with Crippen LogP contribution in [0.5, 0.6) is 0 Å². The number of ketones is 1. The number of hydrogen-bond acceptors (Lipinski definition) is 7. The van der Waals surface area contributed by atoms with Gasteiger partial charge in [0.05, 0.1) is 5.57 Å². The van der Waals surface area contributed by atoms with Gasteiger partial charge in [0.1, 0.15) is 0 Å². The van der Waals surface area contributed by atoms with E-state index < -0.39 is 23.6 Å². The number of aliphatic hydroxyl groups excluding tert-OH is 1. The number of carbonyl (C=O) groups excluding carboxylic acids is 2. The van der Waals surface area contributed by atoms with Crippen LogP contribution in [0.3, 0.4) is 0 Å². The minimum atomic E-state index is -1.05. The number of Topliss-reactive ketones (excluding diaryl/α,β-unsaturated/α-hetero) is 1. The predicted octanol–water partition coefficient (Wildman–Crippen LogP) is 3.80. The van der Waals surface area contributed by atoms with E-state index in [-0.39, 0.29) is 29.2 Å². The maximum atomic E-state index is 12.8. The van der Waals surface area contributed by atoms with Crippen LogP contribution in [-0.4, -0.2) is 33.1 Å². The number of carbonyl (C=O) groups is 2. The lowest BCUT2D eigenvalue weighted by atomic mass is 9.83. The number of hydrogen-bond donors (Lipinski definition) is 1. The molecule has 2 heterocycles. The second-order valence-electron chi connectivity index (χ2n) is 9.05. The molecule has 4 rings (SSSR count). The van der Waals surface area contributed by atoms with E-state index in [2.05, 4.69) is 10.1 Å². The Kier molecular flexibility index (Phi) is 5.22. The van der Waals surface area contributed by atoms with Crippen molar-refractivity contribution >= 4 is 11.8 Å². The number of rotatable bonds is 6. The van der Waals surface area contributed by atoms with E-state index in [0.29, 0.717) is 18.1 Å². The van der Waals surface area contributed by atoms with Crippen molar-refractivity contribution < 1.29 is 24.0 Å². The zero-order valence-electron chi connectivity index (χ0n) is 17.4. The van der Waals surface area contributed by atoms with Gasteiger partial charge in [-0.25, -0.2) is 4.79 Å². The summed E-state index contributed by atoms with van der Waals surface area (Å²) in [5.41, 5.74) is 0.717. The van der Waals surface area contributed by atoms with E-state index in [9.17, 15) is 14.7 Å². The Hall–Kier alpha value is -2.96. The molecule has 30 heavy (non-hydrogen) atoms. The van der Waals surface area contributed by atoms with Gasteiger partial charge < -0.3 is 14.4 Å². The lowest BCUT2D eigenvalue weighted by molar-refractivity contribution is -0.155. The summed E-state index contributed by atoms with van der Waals surface area (Å²) in [6.07, 6.45) is 1.35. The van der Waals surface area contributed by atoms with Gasteiger partial charge >= 0.3 is 5.97 Å². The standard InChI is InChI=1S/C23H26N2O5/c1-23(2,3)22-24-16(25-30-22)12-11-15-19(26)20(27)18(21(28)29-15)17(14-9-10-14)13-7-5-4-6-8-13/h4-8,14-15,17,27H,9-12H2,1-3H3. The zero-order valence-corrected chi connectivity index (χ0v) is 17.4. The molecule has 2 aliphatic rings. The highest BCUT2D eigenvalue weighted by molar-refractivity contribution is 6.09. The molecule has 0 radical (unpaired) electrons. The zero-order chi connectivity index (χ0) is 21.5. The summed E-state index contributed by atoms with van der Waals surface area (Å²) in [5.74, 6) is -0.804. The van der Waals surface area contributed by atoms with Crippen LogP contribution < -0.4 is 0 Å². The summed E-state index contributed by atoms with van der Waals surface area (Å²) in [6.45, 7) is 5.89. The fraction of sp³-hybridized carbons (Fsp3) is 0.478. The molecule has 1 aliphatic carbocycles. The number of aromatic nitrogens is 2. The summed E-state index contributed by atoms with van der Waals surface area (Å²) in [5, 5.41) is 14.6. The molecular weight excluding hydrogens is 384 g/mol. The number of nitrogens with zero attached hydrogens (tertiary/aromatic N) is 2. The average molecular weight is 410 g/mol. The molecule has 1 N–H and O–H groups in total. The molecule has 1 aliphatic heterocycles. The predicted molar refractivity (Wildman–Crippen MR) is 108 cm³/mol. The van der Waals surface area contributed by atoms with E-state index in [0.717, 1.165) is 18.4 Å². The van der Waals surface area contributed by atoms with E-state index in [4.69, 9.17) is 9.26 Å². The molecule has 1 aromatic heterocycles. The number of ether oxygens (including phenoxy) is 1. The number of esters is 1. The van der Waals surface area contributed by atoms with Crippen LogP contribution in [0.25, 0.3) is 0 Å².